The summed E-state index contributed by atoms with van der Waals surface area (Å²) in [5.41, 5.74) is 0. The van der Waals surface area contributed by atoms with Crippen LogP contribution in [-0.2, 0) is 14.4 Å². The van der Waals surface area contributed by atoms with Crippen molar-refractivity contribution in [2.24, 2.45) is 0 Å². The van der Waals surface area contributed by atoms with Gasteiger partial charge in [0.05, 0.1) is 0 Å². The third-order valence-corrected chi connectivity index (χ3v) is 0.903. The summed E-state index contributed by atoms with van der Waals surface area (Å²) in [5, 5.41) is 2.68. The fourth-order valence-corrected chi connectivity index (χ4v) is 0.565. The molecule has 1 heterocycles. The minimum Gasteiger partial charge on any atom is -0.356 e. The fraction of sp³-hybridized carbons (Fsp3) is 0.600. The zero-order chi connectivity index (χ0) is 7.11. The molecule has 1 amide bonds. The van der Waals surface area contributed by atoms with Gasteiger partial charge in [-0.15, -0.1) is 0 Å². The van der Waals surface area contributed by atoms with E-state index in [0.29, 0.717) is 0 Å². The van der Waals surface area contributed by atoms with E-state index in [-0.39, 0.29) is 12.1 Å². The van der Waals surface area contributed by atoms with Crippen LogP contribution in [0.2, 0.25) is 0 Å². The normalized spacial score (nSPS) is 14.9. The Labute approximate surface area is 52.2 Å². The first kappa shape index (κ1) is 7.85. The Morgan fingerprint density at radius 1 is 1.44 bits per heavy atom. The van der Waals surface area contributed by atoms with Crippen LogP contribution < -0.4 is 5.32 Å². The van der Waals surface area contributed by atoms with Crippen LogP contribution in [0.1, 0.15) is 12.8 Å². The van der Waals surface area contributed by atoms with Gasteiger partial charge in [-0.2, -0.15) is 9.59 Å². The number of hydrogen-bond acceptors (Lipinski definition) is 3. The molecule has 50 valence electrons. The second-order valence-electron chi connectivity index (χ2n) is 1.54. The average molecular weight is 129 g/mol. The molecule has 0 unspecified atom stereocenters. The SMILES string of the molecule is O=C1CCCN1.O=C=O. The van der Waals surface area contributed by atoms with Crippen LogP contribution in [0.4, 0.5) is 0 Å². The van der Waals surface area contributed by atoms with Gasteiger partial charge in [-0.05, 0) is 6.42 Å². The molecular formula is C5H7NO3. The number of rotatable bonds is 0. The highest BCUT2D eigenvalue weighted by atomic mass is 16.2. The standard InChI is InChI=1S/C4H7NO.CO2/c6-4-2-1-3-5-4;2-1-3/h1-3H2,(H,5,6);. The van der Waals surface area contributed by atoms with E-state index >= 15 is 0 Å². The summed E-state index contributed by atoms with van der Waals surface area (Å²) in [4.78, 5) is 26.4. The van der Waals surface area contributed by atoms with Gasteiger partial charge in [-0.25, -0.2) is 0 Å². The molecule has 0 radical (unpaired) electrons. The Bertz CT molecular complexity index is 118. The summed E-state index contributed by atoms with van der Waals surface area (Å²) in [5.74, 6) is 0.204. The molecule has 0 atom stereocenters. The Kier molecular flexibility index (Phi) is 4.36. The molecule has 0 aliphatic carbocycles. The van der Waals surface area contributed by atoms with E-state index in [9.17, 15) is 4.79 Å². The van der Waals surface area contributed by atoms with Crippen molar-refractivity contribution in [1.29, 1.82) is 0 Å². The van der Waals surface area contributed by atoms with E-state index in [1.54, 1.807) is 0 Å². The van der Waals surface area contributed by atoms with Gasteiger partial charge in [0.15, 0.2) is 0 Å². The van der Waals surface area contributed by atoms with Gasteiger partial charge in [0.25, 0.3) is 0 Å². The second kappa shape index (κ2) is 5.00. The zero-order valence-electron chi connectivity index (χ0n) is 4.85. The quantitative estimate of drug-likeness (QED) is 0.471. The molecule has 1 aliphatic rings. The summed E-state index contributed by atoms with van der Waals surface area (Å²) in [7, 11) is 0. The number of nitrogens with one attached hydrogen (secondary N) is 1. The Morgan fingerprint density at radius 3 is 2.11 bits per heavy atom. The lowest BCUT2D eigenvalue weighted by atomic mass is 10.4. The Hall–Kier alpha value is -1.15. The van der Waals surface area contributed by atoms with Crippen molar-refractivity contribution in [2.45, 2.75) is 12.8 Å². The van der Waals surface area contributed by atoms with Crippen LogP contribution >= 0.6 is 0 Å². The maximum Gasteiger partial charge on any atom is 0.373 e. The van der Waals surface area contributed by atoms with E-state index in [1.807, 2.05) is 0 Å². The monoisotopic (exact) mass is 129 g/mol. The molecule has 0 bridgehead atoms. The van der Waals surface area contributed by atoms with Gasteiger partial charge < -0.3 is 5.32 Å². The van der Waals surface area contributed by atoms with Gasteiger partial charge in [0, 0.05) is 13.0 Å². The van der Waals surface area contributed by atoms with Crippen LogP contribution in [-0.4, -0.2) is 18.6 Å². The molecule has 0 aromatic rings. The van der Waals surface area contributed by atoms with Crippen molar-refractivity contribution >= 4 is 12.1 Å². The molecule has 0 saturated carbocycles. The first-order valence-electron chi connectivity index (χ1n) is 2.57. The maximum atomic E-state index is 10.1. The van der Waals surface area contributed by atoms with Crippen molar-refractivity contribution in [3.8, 4) is 0 Å². The van der Waals surface area contributed by atoms with E-state index in [0.717, 1.165) is 19.4 Å². The van der Waals surface area contributed by atoms with E-state index in [4.69, 9.17) is 9.59 Å². The Balaban J connectivity index is 0.000000187. The molecule has 9 heavy (non-hydrogen) atoms. The third kappa shape index (κ3) is 4.71. The van der Waals surface area contributed by atoms with Crippen LogP contribution in [0.25, 0.3) is 0 Å². The van der Waals surface area contributed by atoms with Gasteiger partial charge in [0.1, 0.15) is 0 Å². The lowest BCUT2D eigenvalue weighted by Gasteiger charge is -1.80. The minimum absolute atomic E-state index is 0.204. The topological polar surface area (TPSA) is 63.2 Å². The zero-order valence-corrected chi connectivity index (χ0v) is 4.85. The number of carbonyl (C=O) groups is 1. The second-order valence-corrected chi connectivity index (χ2v) is 1.54. The van der Waals surface area contributed by atoms with Crippen molar-refractivity contribution in [1.82, 2.24) is 5.32 Å². The van der Waals surface area contributed by atoms with Crippen molar-refractivity contribution in [2.75, 3.05) is 6.54 Å². The molecule has 1 N–H and O–H groups in total. The highest BCUT2D eigenvalue weighted by Gasteiger charge is 2.05. The number of amides is 1. The van der Waals surface area contributed by atoms with Crippen molar-refractivity contribution < 1.29 is 14.4 Å². The molecule has 0 aromatic carbocycles. The molecule has 0 spiro atoms. The van der Waals surface area contributed by atoms with Crippen molar-refractivity contribution in [3.05, 3.63) is 0 Å². The summed E-state index contributed by atoms with van der Waals surface area (Å²) in [6.07, 6.45) is 2.01. The molecule has 0 aromatic heterocycles. The summed E-state index contributed by atoms with van der Waals surface area (Å²) in [6, 6.07) is 0. The summed E-state index contributed by atoms with van der Waals surface area (Å²) < 4.78 is 0. The molecule has 1 aliphatic heterocycles. The molecule has 1 fully saturated rings. The highest BCUT2D eigenvalue weighted by Crippen LogP contribution is 1.93. The van der Waals surface area contributed by atoms with Gasteiger partial charge >= 0.3 is 6.15 Å². The first-order valence-corrected chi connectivity index (χ1v) is 2.57. The van der Waals surface area contributed by atoms with Gasteiger partial charge in [-0.1, -0.05) is 0 Å². The lowest BCUT2D eigenvalue weighted by molar-refractivity contribution is -0.191. The van der Waals surface area contributed by atoms with Crippen molar-refractivity contribution in [3.63, 3.8) is 0 Å². The molecule has 4 heteroatoms. The largest absolute Gasteiger partial charge is 0.373 e. The van der Waals surface area contributed by atoms with E-state index in [1.165, 1.54) is 0 Å². The minimum atomic E-state index is 0.204. The highest BCUT2D eigenvalue weighted by molar-refractivity contribution is 5.77. The summed E-state index contributed by atoms with van der Waals surface area (Å²) in [6.45, 7) is 0.888. The van der Waals surface area contributed by atoms with E-state index in [2.05, 4.69) is 5.32 Å². The van der Waals surface area contributed by atoms with Gasteiger partial charge in [-0.3, -0.25) is 4.79 Å². The van der Waals surface area contributed by atoms with E-state index < -0.39 is 0 Å². The van der Waals surface area contributed by atoms with Crippen LogP contribution in [0.5, 0.6) is 0 Å². The predicted molar refractivity (Wildman–Crippen MR) is 27.3 cm³/mol. The third-order valence-electron chi connectivity index (χ3n) is 0.903. The van der Waals surface area contributed by atoms with Gasteiger partial charge in [0.2, 0.25) is 5.91 Å². The van der Waals surface area contributed by atoms with Crippen LogP contribution in [0.3, 0.4) is 0 Å². The summed E-state index contributed by atoms with van der Waals surface area (Å²) >= 11 is 0. The maximum absolute atomic E-state index is 10.1. The molecule has 4 nitrogen and oxygen atoms in total. The molecular weight excluding hydrogens is 122 g/mol. The van der Waals surface area contributed by atoms with Crippen LogP contribution in [0, 0.1) is 0 Å². The lowest BCUT2D eigenvalue weighted by Crippen LogP contribution is -2.12. The molecule has 1 rings (SSSR count). The number of hydrogen-bond donors (Lipinski definition) is 1. The molecule has 1 saturated heterocycles. The average Bonchev–Trinajstić information content (AvgIpc) is 2.20. The first-order chi connectivity index (χ1) is 4.31. The predicted octanol–water partition coefficient (Wildman–Crippen LogP) is -0.687. The fourth-order valence-electron chi connectivity index (χ4n) is 0.565. The Morgan fingerprint density at radius 2 is 2.00 bits per heavy atom. The van der Waals surface area contributed by atoms with Crippen LogP contribution in [0.15, 0.2) is 0 Å². The smallest absolute Gasteiger partial charge is 0.356 e. The number of carbonyl (C=O) groups excluding carboxylic acids is 3.